The number of anilines is 1. The van der Waals surface area contributed by atoms with Crippen molar-refractivity contribution in [3.05, 3.63) is 58.4 Å². The van der Waals surface area contributed by atoms with E-state index in [9.17, 15) is 9.18 Å². The third kappa shape index (κ3) is 3.19. The molecule has 0 aliphatic rings. The molecule has 4 nitrogen and oxygen atoms in total. The Bertz CT molecular complexity index is 662. The highest BCUT2D eigenvalue weighted by Crippen LogP contribution is 2.27. The molecule has 0 spiro atoms. The number of benzene rings is 2. The van der Waals surface area contributed by atoms with Crippen molar-refractivity contribution in [2.24, 2.45) is 5.73 Å². The van der Waals surface area contributed by atoms with E-state index in [-0.39, 0.29) is 12.2 Å². The Hall–Kier alpha value is -2.27. The van der Waals surface area contributed by atoms with E-state index in [0.29, 0.717) is 22.0 Å². The minimum absolute atomic E-state index is 0.0193. The highest BCUT2D eigenvalue weighted by Gasteiger charge is 2.09. The van der Waals surface area contributed by atoms with Crippen LogP contribution in [0.5, 0.6) is 5.75 Å². The maximum Gasteiger partial charge on any atom is 0.248 e. The molecule has 0 heterocycles. The molecule has 6 heteroatoms. The summed E-state index contributed by atoms with van der Waals surface area (Å²) in [5.41, 5.74) is 11.5. The van der Waals surface area contributed by atoms with Gasteiger partial charge in [-0.2, -0.15) is 0 Å². The second-order valence-corrected chi connectivity index (χ2v) is 4.56. The molecule has 0 aliphatic carbocycles. The molecule has 0 atom stereocenters. The fourth-order valence-corrected chi connectivity index (χ4v) is 1.85. The molecular weight excluding hydrogens is 283 g/mol. The number of nitrogen functional groups attached to an aromatic ring is 1. The third-order valence-electron chi connectivity index (χ3n) is 2.68. The van der Waals surface area contributed by atoms with Gasteiger partial charge in [0.05, 0.1) is 5.02 Å². The molecule has 0 aliphatic heterocycles. The zero-order valence-electron chi connectivity index (χ0n) is 10.4. The summed E-state index contributed by atoms with van der Waals surface area (Å²) in [6, 6.07) is 8.74. The van der Waals surface area contributed by atoms with Crippen molar-refractivity contribution >= 4 is 23.2 Å². The number of hydrogen-bond donors (Lipinski definition) is 2. The number of rotatable bonds is 4. The van der Waals surface area contributed by atoms with Crippen molar-refractivity contribution < 1.29 is 13.9 Å². The molecule has 2 aromatic rings. The summed E-state index contributed by atoms with van der Waals surface area (Å²) in [7, 11) is 0. The van der Waals surface area contributed by atoms with Gasteiger partial charge in [-0.25, -0.2) is 4.39 Å². The van der Waals surface area contributed by atoms with E-state index in [1.807, 2.05) is 0 Å². The lowest BCUT2D eigenvalue weighted by molar-refractivity contribution is 0.0999. The second kappa shape index (κ2) is 5.79. The van der Waals surface area contributed by atoms with Crippen molar-refractivity contribution in [1.82, 2.24) is 0 Å². The number of primary amides is 1. The maximum absolute atomic E-state index is 13.7. The monoisotopic (exact) mass is 294 g/mol. The average molecular weight is 295 g/mol. The predicted molar refractivity (Wildman–Crippen MR) is 75.1 cm³/mol. The van der Waals surface area contributed by atoms with Gasteiger partial charge >= 0.3 is 0 Å². The van der Waals surface area contributed by atoms with E-state index in [1.165, 1.54) is 12.1 Å². The first-order chi connectivity index (χ1) is 9.47. The van der Waals surface area contributed by atoms with E-state index in [2.05, 4.69) is 0 Å². The zero-order chi connectivity index (χ0) is 14.7. The summed E-state index contributed by atoms with van der Waals surface area (Å²) in [6.45, 7) is -0.0193. The number of carbonyl (C=O) groups is 1. The van der Waals surface area contributed by atoms with Gasteiger partial charge in [-0.1, -0.05) is 17.7 Å². The first-order valence-corrected chi connectivity index (χ1v) is 6.11. The number of carbonyl (C=O) groups excluding carboxylic acids is 1. The summed E-state index contributed by atoms with van der Waals surface area (Å²) >= 11 is 5.94. The summed E-state index contributed by atoms with van der Waals surface area (Å²) in [6.07, 6.45) is 0. The molecule has 0 saturated heterocycles. The first kappa shape index (κ1) is 14.1. The smallest absolute Gasteiger partial charge is 0.248 e. The van der Waals surface area contributed by atoms with Crippen LogP contribution in [0.15, 0.2) is 36.4 Å². The highest BCUT2D eigenvalue weighted by molar-refractivity contribution is 6.32. The zero-order valence-corrected chi connectivity index (χ0v) is 11.2. The van der Waals surface area contributed by atoms with Crippen LogP contribution in [-0.2, 0) is 6.61 Å². The van der Waals surface area contributed by atoms with Crippen LogP contribution in [0.4, 0.5) is 10.1 Å². The van der Waals surface area contributed by atoms with Gasteiger partial charge in [-0.15, -0.1) is 0 Å². The molecule has 0 bridgehead atoms. The fraction of sp³-hybridized carbons (Fsp3) is 0.0714. The Labute approximate surface area is 120 Å². The summed E-state index contributed by atoms with van der Waals surface area (Å²) in [4.78, 5) is 10.9. The van der Waals surface area contributed by atoms with E-state index < -0.39 is 11.7 Å². The molecule has 1 amide bonds. The summed E-state index contributed by atoms with van der Waals surface area (Å²) < 4.78 is 19.2. The van der Waals surface area contributed by atoms with E-state index in [1.54, 1.807) is 18.2 Å². The minimum atomic E-state index is -0.682. The maximum atomic E-state index is 13.7. The molecule has 4 N–H and O–H groups in total. The Morgan fingerprint density at radius 3 is 2.60 bits per heavy atom. The molecule has 0 radical (unpaired) electrons. The molecular formula is C14H12ClFN2O2. The van der Waals surface area contributed by atoms with Crippen molar-refractivity contribution in [3.63, 3.8) is 0 Å². The van der Waals surface area contributed by atoms with Crippen LogP contribution in [0, 0.1) is 5.82 Å². The Morgan fingerprint density at radius 2 is 2.00 bits per heavy atom. The quantitative estimate of drug-likeness (QED) is 0.851. The Kier molecular flexibility index (Phi) is 4.10. The number of amides is 1. The SMILES string of the molecule is NC(=O)c1ccc(COc2ccc(N)cc2Cl)c(F)c1. The molecule has 0 saturated carbocycles. The number of hydrogen-bond acceptors (Lipinski definition) is 3. The molecule has 0 aromatic heterocycles. The average Bonchev–Trinajstić information content (AvgIpc) is 2.38. The first-order valence-electron chi connectivity index (χ1n) is 5.73. The predicted octanol–water partition coefficient (Wildman–Crippen LogP) is 2.74. The van der Waals surface area contributed by atoms with Gasteiger partial charge in [-0.05, 0) is 30.3 Å². The van der Waals surface area contributed by atoms with Gasteiger partial charge in [0.15, 0.2) is 0 Å². The number of nitrogens with two attached hydrogens (primary N) is 2. The Balaban J connectivity index is 2.13. The minimum Gasteiger partial charge on any atom is -0.487 e. The van der Waals surface area contributed by atoms with Crippen molar-refractivity contribution in [1.29, 1.82) is 0 Å². The molecule has 2 aromatic carbocycles. The van der Waals surface area contributed by atoms with Crippen LogP contribution >= 0.6 is 11.6 Å². The summed E-state index contributed by atoms with van der Waals surface area (Å²) in [5, 5.41) is 0.346. The van der Waals surface area contributed by atoms with Crippen LogP contribution in [-0.4, -0.2) is 5.91 Å². The van der Waals surface area contributed by atoms with Crippen molar-refractivity contribution in [2.75, 3.05) is 5.73 Å². The van der Waals surface area contributed by atoms with Gasteiger partial charge in [-0.3, -0.25) is 4.79 Å². The lowest BCUT2D eigenvalue weighted by atomic mass is 10.1. The van der Waals surface area contributed by atoms with Gasteiger partial charge < -0.3 is 16.2 Å². The van der Waals surface area contributed by atoms with Crippen LogP contribution in [0.25, 0.3) is 0 Å². The van der Waals surface area contributed by atoms with Crippen LogP contribution in [0.3, 0.4) is 0 Å². The lowest BCUT2D eigenvalue weighted by Gasteiger charge is -2.09. The molecule has 104 valence electrons. The van der Waals surface area contributed by atoms with Gasteiger partial charge in [0.25, 0.3) is 0 Å². The van der Waals surface area contributed by atoms with Gasteiger partial charge in [0.2, 0.25) is 5.91 Å². The topological polar surface area (TPSA) is 78.3 Å². The van der Waals surface area contributed by atoms with Gasteiger partial charge in [0.1, 0.15) is 18.2 Å². The fourth-order valence-electron chi connectivity index (χ4n) is 1.61. The van der Waals surface area contributed by atoms with E-state index >= 15 is 0 Å². The molecule has 0 unspecified atom stereocenters. The van der Waals surface area contributed by atoms with Gasteiger partial charge in [0, 0.05) is 16.8 Å². The Morgan fingerprint density at radius 1 is 1.25 bits per heavy atom. The molecule has 2 rings (SSSR count). The van der Waals surface area contributed by atoms with Crippen LogP contribution < -0.4 is 16.2 Å². The molecule has 0 fully saturated rings. The lowest BCUT2D eigenvalue weighted by Crippen LogP contribution is -2.11. The van der Waals surface area contributed by atoms with E-state index in [4.69, 9.17) is 27.8 Å². The van der Waals surface area contributed by atoms with Crippen LogP contribution in [0.1, 0.15) is 15.9 Å². The van der Waals surface area contributed by atoms with E-state index in [0.717, 1.165) is 6.07 Å². The standard InChI is InChI=1S/C14H12ClFN2O2/c15-11-6-10(17)3-4-13(11)20-7-9-2-1-8(14(18)19)5-12(9)16/h1-6H,7,17H2,(H2,18,19). The molecule has 20 heavy (non-hydrogen) atoms. The third-order valence-corrected chi connectivity index (χ3v) is 2.97. The number of ether oxygens (including phenoxy) is 1. The number of halogens is 2. The highest BCUT2D eigenvalue weighted by atomic mass is 35.5. The van der Waals surface area contributed by atoms with Crippen molar-refractivity contribution in [3.8, 4) is 5.75 Å². The van der Waals surface area contributed by atoms with Crippen LogP contribution in [0.2, 0.25) is 5.02 Å². The second-order valence-electron chi connectivity index (χ2n) is 4.15. The summed E-state index contributed by atoms with van der Waals surface area (Å²) in [5.74, 6) is -0.843. The normalized spacial score (nSPS) is 10.3. The van der Waals surface area contributed by atoms with Crippen molar-refractivity contribution in [2.45, 2.75) is 6.61 Å². The largest absolute Gasteiger partial charge is 0.487 e.